The molecule has 0 fully saturated rings. The van der Waals surface area contributed by atoms with Gasteiger partial charge >= 0.3 is 6.18 Å². The fourth-order valence-electron chi connectivity index (χ4n) is 3.90. The third-order valence-corrected chi connectivity index (χ3v) is 5.46. The van der Waals surface area contributed by atoms with Gasteiger partial charge in [-0.25, -0.2) is 0 Å². The molecule has 170 valence electrons. The van der Waals surface area contributed by atoms with Gasteiger partial charge in [0.25, 0.3) is 0 Å². The molecule has 0 saturated heterocycles. The van der Waals surface area contributed by atoms with E-state index in [1.807, 2.05) is 30.3 Å². The molecule has 4 rings (SSSR count). The summed E-state index contributed by atoms with van der Waals surface area (Å²) in [4.78, 5) is 4.14. The van der Waals surface area contributed by atoms with E-state index in [-0.39, 0.29) is 5.56 Å². The van der Waals surface area contributed by atoms with Gasteiger partial charge in [-0.05, 0) is 36.3 Å². The third-order valence-electron chi connectivity index (χ3n) is 5.46. The second-order valence-corrected chi connectivity index (χ2v) is 7.78. The Bertz CT molecular complexity index is 1180. The number of pyridine rings is 1. The Kier molecular flexibility index (Phi) is 6.40. The number of hydrogen-bond acceptors (Lipinski definition) is 4. The molecule has 1 aliphatic heterocycles. The van der Waals surface area contributed by atoms with Crippen molar-refractivity contribution < 1.29 is 13.2 Å². The van der Waals surface area contributed by atoms with E-state index in [4.69, 9.17) is 0 Å². The molecule has 2 aromatic carbocycles. The van der Waals surface area contributed by atoms with Crippen LogP contribution in [0, 0.1) is 0 Å². The summed E-state index contributed by atoms with van der Waals surface area (Å²) < 4.78 is 41.0. The van der Waals surface area contributed by atoms with Crippen LogP contribution in [0.25, 0.3) is 11.4 Å². The Morgan fingerprint density at radius 1 is 1.09 bits per heavy atom. The number of rotatable bonds is 7. The molecule has 0 amide bonds. The zero-order valence-corrected chi connectivity index (χ0v) is 18.2. The monoisotopic (exact) mass is 450 g/mol. The first-order chi connectivity index (χ1) is 15.9. The minimum absolute atomic E-state index is 0.148. The van der Waals surface area contributed by atoms with Crippen LogP contribution in [0.1, 0.15) is 41.6 Å². The molecule has 1 aromatic heterocycles. The zero-order chi connectivity index (χ0) is 23.4. The smallest absolute Gasteiger partial charge is 0.385 e. The van der Waals surface area contributed by atoms with Gasteiger partial charge in [-0.1, -0.05) is 49.9 Å². The molecule has 1 aliphatic rings. The lowest BCUT2D eigenvalue weighted by Gasteiger charge is -2.29. The van der Waals surface area contributed by atoms with Crippen molar-refractivity contribution in [3.63, 3.8) is 0 Å². The summed E-state index contributed by atoms with van der Waals surface area (Å²) in [6, 6.07) is 14.6. The lowest BCUT2D eigenvalue weighted by atomic mass is 9.94. The maximum absolute atomic E-state index is 13.7. The molecule has 1 atom stereocenters. The number of hydrogen-bond donors (Lipinski definition) is 3. The lowest BCUT2D eigenvalue weighted by Crippen LogP contribution is -2.23. The fourth-order valence-corrected chi connectivity index (χ4v) is 3.90. The van der Waals surface area contributed by atoms with E-state index in [0.717, 1.165) is 35.8 Å². The standard InChI is InChI=1S/C26H25F3N4/c1-3-13-31-22-11-7-5-8-18(22)17(2)32-24-15-23(33-25-16-30-14-12-20(24)25)19-9-4-6-10-21(19)26(27,28)29/h4-12,14-16,23,31-33H,2-3,13H2,1H3. The predicted molar refractivity (Wildman–Crippen MR) is 127 cm³/mol. The van der Waals surface area contributed by atoms with Crippen molar-refractivity contribution in [2.45, 2.75) is 25.6 Å². The van der Waals surface area contributed by atoms with Gasteiger partial charge in [-0.3, -0.25) is 4.98 Å². The SMILES string of the molecule is C=C(NC1=CC(c2ccccc2C(F)(F)F)Nc2cnccc21)c1ccccc1NCCC. The van der Waals surface area contributed by atoms with Gasteiger partial charge in [0.05, 0.1) is 23.5 Å². The van der Waals surface area contributed by atoms with Gasteiger partial charge < -0.3 is 16.0 Å². The van der Waals surface area contributed by atoms with E-state index < -0.39 is 17.8 Å². The molecule has 0 spiro atoms. The largest absolute Gasteiger partial charge is 0.416 e. The highest BCUT2D eigenvalue weighted by atomic mass is 19.4. The fraction of sp³-hybridized carbons (Fsp3) is 0.192. The molecule has 0 saturated carbocycles. The molecule has 0 aliphatic carbocycles. The molecule has 33 heavy (non-hydrogen) atoms. The molecule has 3 N–H and O–H groups in total. The minimum atomic E-state index is -4.46. The number of benzene rings is 2. The minimum Gasteiger partial charge on any atom is -0.385 e. The Morgan fingerprint density at radius 3 is 2.64 bits per heavy atom. The van der Waals surface area contributed by atoms with Gasteiger partial charge in [0.1, 0.15) is 0 Å². The van der Waals surface area contributed by atoms with E-state index in [9.17, 15) is 13.2 Å². The second-order valence-electron chi connectivity index (χ2n) is 7.78. The number of anilines is 2. The Labute approximate surface area is 191 Å². The molecule has 3 aromatic rings. The third kappa shape index (κ3) is 4.87. The quantitative estimate of drug-likeness (QED) is 0.375. The summed E-state index contributed by atoms with van der Waals surface area (Å²) in [5.74, 6) is 0. The van der Waals surface area contributed by atoms with Crippen LogP contribution in [-0.2, 0) is 6.18 Å². The molecule has 0 radical (unpaired) electrons. The van der Waals surface area contributed by atoms with Crippen LogP contribution < -0.4 is 16.0 Å². The van der Waals surface area contributed by atoms with Crippen LogP contribution in [-0.4, -0.2) is 11.5 Å². The molecular weight excluding hydrogens is 425 g/mol. The summed E-state index contributed by atoms with van der Waals surface area (Å²) in [6.45, 7) is 7.12. The summed E-state index contributed by atoms with van der Waals surface area (Å²) in [7, 11) is 0. The number of nitrogens with one attached hydrogen (secondary N) is 3. The topological polar surface area (TPSA) is 49.0 Å². The van der Waals surface area contributed by atoms with Crippen molar-refractivity contribution >= 4 is 22.8 Å². The van der Waals surface area contributed by atoms with Crippen molar-refractivity contribution in [3.8, 4) is 0 Å². The van der Waals surface area contributed by atoms with Crippen molar-refractivity contribution in [3.05, 3.63) is 102 Å². The molecular formula is C26H25F3N4. The first kappa shape index (κ1) is 22.5. The van der Waals surface area contributed by atoms with E-state index in [2.05, 4.69) is 34.4 Å². The van der Waals surface area contributed by atoms with Crippen LogP contribution in [0.4, 0.5) is 24.5 Å². The summed E-state index contributed by atoms with van der Waals surface area (Å²) in [5, 5.41) is 9.92. The maximum Gasteiger partial charge on any atom is 0.416 e. The highest BCUT2D eigenvalue weighted by molar-refractivity contribution is 5.86. The Morgan fingerprint density at radius 2 is 1.85 bits per heavy atom. The van der Waals surface area contributed by atoms with Gasteiger partial charge in [0.2, 0.25) is 0 Å². The van der Waals surface area contributed by atoms with Gasteiger partial charge in [0.15, 0.2) is 0 Å². The first-order valence-corrected chi connectivity index (χ1v) is 10.8. The van der Waals surface area contributed by atoms with Crippen LogP contribution in [0.15, 0.2) is 79.6 Å². The zero-order valence-electron chi connectivity index (χ0n) is 18.2. The van der Waals surface area contributed by atoms with Crippen LogP contribution in [0.2, 0.25) is 0 Å². The highest BCUT2D eigenvalue weighted by Crippen LogP contribution is 2.40. The maximum atomic E-state index is 13.7. The number of alkyl halides is 3. The summed E-state index contributed by atoms with van der Waals surface area (Å²) >= 11 is 0. The number of fused-ring (bicyclic) bond motifs is 1. The number of nitrogens with zero attached hydrogens (tertiary/aromatic N) is 1. The summed E-state index contributed by atoms with van der Waals surface area (Å²) in [6.07, 6.45) is 1.56. The average Bonchev–Trinajstić information content (AvgIpc) is 2.82. The number of para-hydroxylation sites is 1. The normalized spacial score (nSPS) is 15.2. The number of halogens is 3. The Hall–Kier alpha value is -3.74. The van der Waals surface area contributed by atoms with Gasteiger partial charge in [-0.15, -0.1) is 0 Å². The van der Waals surface area contributed by atoms with E-state index in [1.54, 1.807) is 24.5 Å². The highest BCUT2D eigenvalue weighted by Gasteiger charge is 2.35. The van der Waals surface area contributed by atoms with Crippen LogP contribution >= 0.6 is 0 Å². The average molecular weight is 451 g/mol. The lowest BCUT2D eigenvalue weighted by molar-refractivity contribution is -0.138. The van der Waals surface area contributed by atoms with Crippen LogP contribution in [0.3, 0.4) is 0 Å². The number of aromatic nitrogens is 1. The van der Waals surface area contributed by atoms with Gasteiger partial charge in [0, 0.05) is 40.9 Å². The van der Waals surface area contributed by atoms with Crippen molar-refractivity contribution in [1.82, 2.24) is 10.3 Å². The second kappa shape index (κ2) is 9.40. The molecule has 1 unspecified atom stereocenters. The Balaban J connectivity index is 1.71. The molecule has 4 nitrogen and oxygen atoms in total. The predicted octanol–water partition coefficient (Wildman–Crippen LogP) is 6.69. The van der Waals surface area contributed by atoms with Gasteiger partial charge in [-0.2, -0.15) is 13.2 Å². The van der Waals surface area contributed by atoms with Crippen molar-refractivity contribution in [1.29, 1.82) is 0 Å². The van der Waals surface area contributed by atoms with Crippen molar-refractivity contribution in [2.75, 3.05) is 17.2 Å². The summed E-state index contributed by atoms with van der Waals surface area (Å²) in [5.41, 5.74) is 4.10. The van der Waals surface area contributed by atoms with Crippen LogP contribution in [0.5, 0.6) is 0 Å². The van der Waals surface area contributed by atoms with E-state index >= 15 is 0 Å². The molecule has 2 heterocycles. The van der Waals surface area contributed by atoms with Crippen molar-refractivity contribution in [2.24, 2.45) is 0 Å². The molecule has 7 heteroatoms. The first-order valence-electron chi connectivity index (χ1n) is 10.8. The molecule has 0 bridgehead atoms. The van der Waals surface area contributed by atoms with E-state index in [1.165, 1.54) is 12.1 Å². The van der Waals surface area contributed by atoms with E-state index in [0.29, 0.717) is 17.1 Å².